The number of hydroxylamine groups is 2. The normalized spacial score (nSPS) is 15.9. The van der Waals surface area contributed by atoms with E-state index in [9.17, 15) is 14.4 Å². The summed E-state index contributed by atoms with van der Waals surface area (Å²) in [6, 6.07) is 17.8. The first-order chi connectivity index (χ1) is 20.1. The van der Waals surface area contributed by atoms with Gasteiger partial charge in [0.05, 0.1) is 6.04 Å². The fourth-order valence-electron chi connectivity index (χ4n) is 5.25. The van der Waals surface area contributed by atoms with Crippen LogP contribution in [-0.4, -0.2) is 44.1 Å². The maximum atomic E-state index is 12.5. The molecule has 1 unspecified atom stereocenters. The van der Waals surface area contributed by atoms with Crippen molar-refractivity contribution in [1.82, 2.24) is 20.4 Å². The number of benzene rings is 2. The molecule has 3 amide bonds. The molecule has 3 heterocycles. The summed E-state index contributed by atoms with van der Waals surface area (Å²) < 4.78 is 2.48. The molecule has 0 radical (unpaired) electrons. The second-order valence-electron chi connectivity index (χ2n) is 11.4. The van der Waals surface area contributed by atoms with E-state index >= 15 is 0 Å². The SMILES string of the molecule is CC(C)/C=C/C(=O)NO.CC(C)C(=O)NO.Cc1ccc(Cn2c3c(c4ccccc42)CCN2C(=O)CCCC32)cc1. The van der Waals surface area contributed by atoms with Crippen LogP contribution in [-0.2, 0) is 27.3 Å². The lowest BCUT2D eigenvalue weighted by atomic mass is 9.90. The summed E-state index contributed by atoms with van der Waals surface area (Å²) in [5, 5.41) is 17.3. The molecular weight excluding hydrogens is 532 g/mol. The molecule has 5 rings (SSSR count). The zero-order valence-electron chi connectivity index (χ0n) is 25.3. The fraction of sp³-hybridized carbons (Fsp3) is 0.424. The van der Waals surface area contributed by atoms with Crippen LogP contribution < -0.4 is 11.0 Å². The molecule has 4 N–H and O–H groups in total. The maximum absolute atomic E-state index is 12.5. The minimum absolute atomic E-state index is 0.134. The van der Waals surface area contributed by atoms with Crippen LogP contribution in [0.2, 0.25) is 0 Å². The van der Waals surface area contributed by atoms with Crippen LogP contribution in [0, 0.1) is 18.8 Å². The van der Waals surface area contributed by atoms with E-state index in [4.69, 9.17) is 10.4 Å². The predicted octanol–water partition coefficient (Wildman–Crippen LogP) is 5.46. The molecule has 9 heteroatoms. The van der Waals surface area contributed by atoms with E-state index in [0.29, 0.717) is 18.2 Å². The third-order valence-corrected chi connectivity index (χ3v) is 7.44. The molecule has 42 heavy (non-hydrogen) atoms. The van der Waals surface area contributed by atoms with Crippen molar-refractivity contribution >= 4 is 28.6 Å². The van der Waals surface area contributed by atoms with Gasteiger partial charge < -0.3 is 9.47 Å². The van der Waals surface area contributed by atoms with Crippen molar-refractivity contribution < 1.29 is 24.8 Å². The summed E-state index contributed by atoms with van der Waals surface area (Å²) in [5.41, 5.74) is 9.77. The van der Waals surface area contributed by atoms with Gasteiger partial charge in [0, 0.05) is 48.1 Å². The Labute approximate surface area is 248 Å². The highest BCUT2D eigenvalue weighted by Gasteiger charge is 2.37. The Morgan fingerprint density at radius 3 is 2.29 bits per heavy atom. The van der Waals surface area contributed by atoms with Crippen molar-refractivity contribution in [3.8, 4) is 0 Å². The summed E-state index contributed by atoms with van der Waals surface area (Å²) in [4.78, 5) is 35.0. The molecule has 0 spiro atoms. The number of hydrogen-bond acceptors (Lipinski definition) is 5. The third kappa shape index (κ3) is 8.30. The molecule has 2 aliphatic heterocycles. The number of aryl methyl sites for hydroxylation is 1. The van der Waals surface area contributed by atoms with Crippen molar-refractivity contribution in [3.63, 3.8) is 0 Å². The average Bonchev–Trinajstić information content (AvgIpc) is 3.31. The van der Waals surface area contributed by atoms with Crippen LogP contribution in [0.5, 0.6) is 0 Å². The quantitative estimate of drug-likeness (QED) is 0.182. The van der Waals surface area contributed by atoms with Crippen LogP contribution in [0.1, 0.15) is 75.4 Å². The number of para-hydroxylation sites is 1. The highest BCUT2D eigenvalue weighted by Crippen LogP contribution is 2.42. The lowest BCUT2D eigenvalue weighted by Gasteiger charge is -2.40. The van der Waals surface area contributed by atoms with E-state index < -0.39 is 5.91 Å². The van der Waals surface area contributed by atoms with Gasteiger partial charge in [0.15, 0.2) is 0 Å². The number of nitrogens with zero attached hydrogens (tertiary/aromatic N) is 2. The molecule has 2 aliphatic rings. The maximum Gasteiger partial charge on any atom is 0.267 e. The van der Waals surface area contributed by atoms with Crippen LogP contribution in [0.25, 0.3) is 10.9 Å². The average molecular weight is 577 g/mol. The summed E-state index contributed by atoms with van der Waals surface area (Å²) in [6.45, 7) is 11.2. The van der Waals surface area contributed by atoms with E-state index in [0.717, 1.165) is 32.4 Å². The Kier molecular flexibility index (Phi) is 11.9. The molecule has 2 aromatic carbocycles. The summed E-state index contributed by atoms with van der Waals surface area (Å²) in [5.74, 6) is -0.296. The van der Waals surface area contributed by atoms with E-state index in [2.05, 4.69) is 64.9 Å². The van der Waals surface area contributed by atoms with E-state index in [1.54, 1.807) is 19.9 Å². The second kappa shape index (κ2) is 15.3. The van der Waals surface area contributed by atoms with Gasteiger partial charge in [-0.2, -0.15) is 0 Å². The first kappa shape index (κ1) is 32.6. The van der Waals surface area contributed by atoms with Crippen molar-refractivity contribution in [1.29, 1.82) is 0 Å². The molecule has 9 nitrogen and oxygen atoms in total. The van der Waals surface area contributed by atoms with E-state index in [-0.39, 0.29) is 17.9 Å². The molecule has 0 aliphatic carbocycles. The lowest BCUT2D eigenvalue weighted by molar-refractivity contribution is -0.137. The first-order valence-electron chi connectivity index (χ1n) is 14.6. The van der Waals surface area contributed by atoms with Gasteiger partial charge >= 0.3 is 0 Å². The minimum Gasteiger partial charge on any atom is -0.338 e. The van der Waals surface area contributed by atoms with Crippen LogP contribution in [0.15, 0.2) is 60.7 Å². The largest absolute Gasteiger partial charge is 0.338 e. The van der Waals surface area contributed by atoms with Crippen molar-refractivity contribution in [2.45, 2.75) is 72.9 Å². The molecule has 3 aromatic rings. The molecular formula is C33H44N4O5. The second-order valence-corrected chi connectivity index (χ2v) is 11.4. The summed E-state index contributed by atoms with van der Waals surface area (Å²) >= 11 is 0. The number of piperidine rings is 1. The number of rotatable bonds is 5. The number of hydrogen-bond donors (Lipinski definition) is 4. The number of nitrogens with one attached hydrogen (secondary N) is 2. The third-order valence-electron chi connectivity index (χ3n) is 7.44. The number of carbonyl (C=O) groups excluding carboxylic acids is 3. The summed E-state index contributed by atoms with van der Waals surface area (Å²) in [7, 11) is 0. The van der Waals surface area contributed by atoms with Gasteiger partial charge in [-0.15, -0.1) is 0 Å². The Bertz CT molecular complexity index is 1390. The smallest absolute Gasteiger partial charge is 0.267 e. The number of allylic oxidation sites excluding steroid dienone is 1. The van der Waals surface area contributed by atoms with Crippen molar-refractivity contribution in [2.24, 2.45) is 11.8 Å². The number of carbonyl (C=O) groups is 3. The number of amides is 3. The van der Waals surface area contributed by atoms with Gasteiger partial charge in [0.25, 0.3) is 5.91 Å². The van der Waals surface area contributed by atoms with Crippen LogP contribution >= 0.6 is 0 Å². The fourth-order valence-corrected chi connectivity index (χ4v) is 5.25. The Hall–Kier alpha value is -3.95. The Balaban J connectivity index is 0.000000252. The van der Waals surface area contributed by atoms with Gasteiger partial charge in [0.2, 0.25) is 11.8 Å². The predicted molar refractivity (Wildman–Crippen MR) is 163 cm³/mol. The molecule has 1 atom stereocenters. The molecule has 226 valence electrons. The molecule has 0 bridgehead atoms. The minimum atomic E-state index is -0.483. The molecule has 1 aromatic heterocycles. The van der Waals surface area contributed by atoms with Gasteiger partial charge in [0.1, 0.15) is 0 Å². The highest BCUT2D eigenvalue weighted by molar-refractivity contribution is 5.87. The zero-order chi connectivity index (χ0) is 30.8. The van der Waals surface area contributed by atoms with Crippen molar-refractivity contribution in [2.75, 3.05) is 6.54 Å². The summed E-state index contributed by atoms with van der Waals surface area (Å²) in [6.07, 6.45) is 6.77. The van der Waals surface area contributed by atoms with Gasteiger partial charge in [-0.1, -0.05) is 81.8 Å². The molecule has 1 fully saturated rings. The van der Waals surface area contributed by atoms with Gasteiger partial charge in [-0.25, -0.2) is 11.0 Å². The monoisotopic (exact) mass is 576 g/mol. The topological polar surface area (TPSA) is 124 Å². The Morgan fingerprint density at radius 1 is 1.00 bits per heavy atom. The first-order valence-corrected chi connectivity index (χ1v) is 14.6. The van der Waals surface area contributed by atoms with E-state index in [1.807, 2.05) is 13.8 Å². The number of aromatic nitrogens is 1. The molecule has 0 saturated carbocycles. The zero-order valence-corrected chi connectivity index (χ0v) is 25.3. The number of fused-ring (bicyclic) bond motifs is 5. The van der Waals surface area contributed by atoms with Crippen LogP contribution in [0.3, 0.4) is 0 Å². The van der Waals surface area contributed by atoms with Gasteiger partial charge in [-0.05, 0) is 49.3 Å². The standard InChI is InChI=1S/C23H24N2O.C6H11NO2.C4H9NO2/c1-16-9-11-17(12-10-16)15-25-20-6-3-2-5-18(20)19-13-14-24-21(23(19)25)7-4-8-22(24)26;1-5(2)3-4-6(8)7-9;1-3(2)4(6)5-7/h2-3,5-6,9-12,21H,4,7-8,13-15H2,1H3;3-5,9H,1-2H3,(H,7,8);3,7H,1-2H3,(H,5,6)/b;4-3+;. The highest BCUT2D eigenvalue weighted by atomic mass is 16.5. The lowest BCUT2D eigenvalue weighted by Crippen LogP contribution is -2.43. The van der Waals surface area contributed by atoms with Gasteiger partial charge in [-0.3, -0.25) is 24.8 Å². The Morgan fingerprint density at radius 2 is 1.69 bits per heavy atom. The molecule has 1 saturated heterocycles. The van der Waals surface area contributed by atoms with Crippen LogP contribution in [0.4, 0.5) is 0 Å². The van der Waals surface area contributed by atoms with E-state index in [1.165, 1.54) is 50.3 Å². The van der Waals surface area contributed by atoms with Crippen molar-refractivity contribution in [3.05, 3.63) is 83.1 Å².